The maximum atomic E-state index is 14.0. The molecule has 3 N–H and O–H groups in total. The van der Waals surface area contributed by atoms with E-state index >= 15 is 0 Å². The van der Waals surface area contributed by atoms with Crippen LogP contribution in [0.15, 0.2) is 48.5 Å². The smallest absolute Gasteiger partial charge is 0.326 e. The van der Waals surface area contributed by atoms with E-state index in [-0.39, 0.29) is 17.9 Å². The summed E-state index contributed by atoms with van der Waals surface area (Å²) in [4.78, 5) is 24.3. The Hall–Kier alpha value is -3.35. The summed E-state index contributed by atoms with van der Waals surface area (Å²) in [6.45, 7) is 2.38. The highest BCUT2D eigenvalue weighted by atomic mass is 19.1. The van der Waals surface area contributed by atoms with E-state index in [0.29, 0.717) is 32.2 Å². The molecule has 2 aromatic carbocycles. The quantitative estimate of drug-likeness (QED) is 0.518. The second-order valence-corrected chi connectivity index (χ2v) is 8.29. The Morgan fingerprint density at radius 3 is 2.72 bits per heavy atom. The van der Waals surface area contributed by atoms with Crippen LogP contribution >= 0.6 is 0 Å². The molecule has 1 aliphatic rings. The lowest BCUT2D eigenvalue weighted by atomic mass is 9.91. The molecule has 0 spiro atoms. The van der Waals surface area contributed by atoms with E-state index in [1.807, 2.05) is 41.8 Å². The maximum Gasteiger partial charge on any atom is 0.326 e. The number of nitrogens with one attached hydrogen (secondary N) is 2. The third-order valence-electron chi connectivity index (χ3n) is 6.22. The van der Waals surface area contributed by atoms with E-state index in [9.17, 15) is 19.1 Å². The van der Waals surface area contributed by atoms with Gasteiger partial charge in [0.15, 0.2) is 0 Å². The summed E-state index contributed by atoms with van der Waals surface area (Å²) in [5.41, 5.74) is 3.76. The van der Waals surface area contributed by atoms with E-state index in [1.54, 1.807) is 6.07 Å². The van der Waals surface area contributed by atoms with Crippen molar-refractivity contribution in [3.8, 4) is 0 Å². The number of carbonyl (C=O) groups excluding carboxylic acids is 1. The minimum Gasteiger partial charge on any atom is -0.480 e. The van der Waals surface area contributed by atoms with Gasteiger partial charge in [-0.25, -0.2) is 14.0 Å². The zero-order chi connectivity index (χ0) is 22.7. The monoisotopic (exact) mass is 437 g/mol. The lowest BCUT2D eigenvalue weighted by Gasteiger charge is -2.26. The van der Waals surface area contributed by atoms with Gasteiger partial charge in [-0.3, -0.25) is 0 Å². The van der Waals surface area contributed by atoms with Crippen LogP contribution in [-0.4, -0.2) is 34.3 Å². The minimum absolute atomic E-state index is 0.0913. The number of fused-ring (bicyclic) bond motifs is 3. The van der Waals surface area contributed by atoms with Crippen LogP contribution in [0.3, 0.4) is 0 Å². The van der Waals surface area contributed by atoms with Crippen molar-refractivity contribution in [2.45, 2.75) is 51.1 Å². The molecule has 0 aliphatic heterocycles. The van der Waals surface area contributed by atoms with Crippen molar-refractivity contribution in [3.05, 3.63) is 71.2 Å². The molecule has 1 aliphatic carbocycles. The Balaban J connectivity index is 1.49. The lowest BCUT2D eigenvalue weighted by molar-refractivity contribution is -0.140. The average molecular weight is 438 g/mol. The molecule has 4 rings (SSSR count). The van der Waals surface area contributed by atoms with Crippen LogP contribution in [0.4, 0.5) is 9.18 Å². The predicted molar refractivity (Wildman–Crippen MR) is 121 cm³/mol. The second kappa shape index (κ2) is 9.42. The lowest BCUT2D eigenvalue weighted by Crippen LogP contribution is -2.45. The number of urea groups is 1. The Morgan fingerprint density at radius 2 is 2.00 bits per heavy atom. The number of carbonyl (C=O) groups is 2. The fourth-order valence-corrected chi connectivity index (χ4v) is 4.71. The van der Waals surface area contributed by atoms with Gasteiger partial charge in [-0.15, -0.1) is 0 Å². The van der Waals surface area contributed by atoms with Crippen LogP contribution in [0.2, 0.25) is 0 Å². The van der Waals surface area contributed by atoms with Crippen LogP contribution in [0, 0.1) is 5.82 Å². The van der Waals surface area contributed by atoms with Crippen molar-refractivity contribution in [3.63, 3.8) is 0 Å². The molecule has 1 aromatic heterocycles. The van der Waals surface area contributed by atoms with Gasteiger partial charge in [-0.05, 0) is 61.4 Å². The standard InChI is InChI=1S/C25H28FN3O3/c1-2-21(24(30)31)29-22-10-8-17(26)14-19(22)20-15-18(9-11-23(20)29)28-25(32)27-13-12-16-6-4-3-5-7-16/h3-8,10,14,18,21H,2,9,11-13,15H2,1H3,(H,30,31)(H2,27,28,32). The molecule has 2 amide bonds. The molecule has 0 saturated carbocycles. The fourth-order valence-electron chi connectivity index (χ4n) is 4.71. The summed E-state index contributed by atoms with van der Waals surface area (Å²) in [6.07, 6.45) is 3.07. The van der Waals surface area contributed by atoms with Gasteiger partial charge in [-0.2, -0.15) is 0 Å². The molecule has 32 heavy (non-hydrogen) atoms. The average Bonchev–Trinajstić information content (AvgIpc) is 3.08. The zero-order valence-electron chi connectivity index (χ0n) is 18.1. The SMILES string of the molecule is CCC(C(=O)O)n1c2c(c3cc(F)ccc31)CC(NC(=O)NCCc1ccccc1)CC2. The molecular formula is C25H28FN3O3. The molecule has 168 valence electrons. The molecule has 0 fully saturated rings. The molecule has 2 atom stereocenters. The highest BCUT2D eigenvalue weighted by molar-refractivity contribution is 5.88. The van der Waals surface area contributed by atoms with Crippen molar-refractivity contribution in [1.29, 1.82) is 0 Å². The van der Waals surface area contributed by atoms with Gasteiger partial charge < -0.3 is 20.3 Å². The van der Waals surface area contributed by atoms with Crippen LogP contribution in [0.25, 0.3) is 10.9 Å². The van der Waals surface area contributed by atoms with Crippen molar-refractivity contribution in [2.24, 2.45) is 0 Å². The number of amides is 2. The Morgan fingerprint density at radius 1 is 1.22 bits per heavy atom. The summed E-state index contributed by atoms with van der Waals surface area (Å²) < 4.78 is 15.9. The van der Waals surface area contributed by atoms with Gasteiger partial charge >= 0.3 is 12.0 Å². The predicted octanol–water partition coefficient (Wildman–Crippen LogP) is 4.22. The first kappa shape index (κ1) is 21.9. The topological polar surface area (TPSA) is 83.4 Å². The first-order valence-electron chi connectivity index (χ1n) is 11.1. The van der Waals surface area contributed by atoms with E-state index in [0.717, 1.165) is 34.1 Å². The number of nitrogens with zero attached hydrogens (tertiary/aromatic N) is 1. The molecular weight excluding hydrogens is 409 g/mol. The largest absolute Gasteiger partial charge is 0.480 e. The van der Waals surface area contributed by atoms with Gasteiger partial charge in [0, 0.05) is 29.2 Å². The van der Waals surface area contributed by atoms with Crippen LogP contribution in [0.5, 0.6) is 0 Å². The molecule has 6 nitrogen and oxygen atoms in total. The number of carboxylic acids is 1. The third kappa shape index (κ3) is 4.47. The van der Waals surface area contributed by atoms with Crippen molar-refractivity contribution in [1.82, 2.24) is 15.2 Å². The zero-order valence-corrected chi connectivity index (χ0v) is 18.1. The number of rotatable bonds is 7. The maximum absolute atomic E-state index is 14.0. The number of hydrogen-bond donors (Lipinski definition) is 3. The number of halogens is 1. The molecule has 0 radical (unpaired) electrons. The fraction of sp³-hybridized carbons (Fsp3) is 0.360. The molecule has 1 heterocycles. The van der Waals surface area contributed by atoms with Gasteiger partial charge in [0.25, 0.3) is 0 Å². The van der Waals surface area contributed by atoms with Gasteiger partial charge in [0.1, 0.15) is 11.9 Å². The first-order valence-corrected chi connectivity index (χ1v) is 11.1. The molecule has 0 saturated heterocycles. The molecule has 3 aromatic rings. The Kier molecular flexibility index (Phi) is 6.44. The van der Waals surface area contributed by atoms with Gasteiger partial charge in [-0.1, -0.05) is 37.3 Å². The van der Waals surface area contributed by atoms with E-state index in [2.05, 4.69) is 10.6 Å². The number of aromatic nitrogens is 1. The summed E-state index contributed by atoms with van der Waals surface area (Å²) in [7, 11) is 0. The summed E-state index contributed by atoms with van der Waals surface area (Å²) in [6, 6.07) is 13.5. The van der Waals surface area contributed by atoms with Crippen LogP contribution in [0.1, 0.15) is 42.6 Å². The Bertz CT molecular complexity index is 1130. The normalized spacial score (nSPS) is 16.4. The second-order valence-electron chi connectivity index (χ2n) is 8.29. The van der Waals surface area contributed by atoms with Crippen LogP contribution < -0.4 is 10.6 Å². The molecule has 0 bridgehead atoms. The minimum atomic E-state index is -0.894. The number of benzene rings is 2. The van der Waals surface area contributed by atoms with Crippen molar-refractivity contribution >= 4 is 22.9 Å². The van der Waals surface area contributed by atoms with E-state index in [1.165, 1.54) is 12.1 Å². The highest BCUT2D eigenvalue weighted by Crippen LogP contribution is 2.36. The highest BCUT2D eigenvalue weighted by Gasteiger charge is 2.30. The van der Waals surface area contributed by atoms with E-state index in [4.69, 9.17) is 0 Å². The summed E-state index contributed by atoms with van der Waals surface area (Å²) in [5.74, 6) is -1.25. The number of aliphatic carboxylic acids is 1. The molecule has 2 unspecified atom stereocenters. The number of carboxylic acid groups (broad SMARTS) is 1. The first-order chi connectivity index (χ1) is 15.5. The van der Waals surface area contributed by atoms with E-state index < -0.39 is 12.0 Å². The van der Waals surface area contributed by atoms with Crippen molar-refractivity contribution < 1.29 is 19.1 Å². The Labute approximate surface area is 186 Å². The summed E-state index contributed by atoms with van der Waals surface area (Å²) >= 11 is 0. The number of hydrogen-bond acceptors (Lipinski definition) is 2. The summed E-state index contributed by atoms with van der Waals surface area (Å²) in [5, 5.41) is 16.4. The van der Waals surface area contributed by atoms with Crippen molar-refractivity contribution in [2.75, 3.05) is 6.54 Å². The van der Waals surface area contributed by atoms with Gasteiger partial charge in [0.2, 0.25) is 0 Å². The van der Waals surface area contributed by atoms with Crippen LogP contribution in [-0.2, 0) is 24.1 Å². The van der Waals surface area contributed by atoms with Gasteiger partial charge in [0.05, 0.1) is 0 Å². The third-order valence-corrected chi connectivity index (χ3v) is 6.22. The molecule has 7 heteroatoms.